The first-order valence-electron chi connectivity index (χ1n) is 5.79. The average Bonchev–Trinajstić information content (AvgIpc) is 2.46. The van der Waals surface area contributed by atoms with Crippen molar-refractivity contribution in [3.05, 3.63) is 65.2 Å². The lowest BCUT2D eigenvalue weighted by atomic mass is 10.0. The van der Waals surface area contributed by atoms with E-state index in [0.717, 1.165) is 16.9 Å². The Bertz CT molecular complexity index is 581. The van der Waals surface area contributed by atoms with Crippen LogP contribution in [0.25, 0.3) is 0 Å². The van der Waals surface area contributed by atoms with E-state index < -0.39 is 5.91 Å². The van der Waals surface area contributed by atoms with E-state index in [9.17, 15) is 4.79 Å². The number of carbonyl (C=O) groups excluding carboxylic acids is 1. The van der Waals surface area contributed by atoms with Gasteiger partial charge in [0.25, 0.3) is 0 Å². The van der Waals surface area contributed by atoms with E-state index in [4.69, 9.17) is 22.1 Å². The molecule has 0 saturated heterocycles. The molecule has 0 spiro atoms. The van der Waals surface area contributed by atoms with Crippen LogP contribution in [0.15, 0.2) is 48.5 Å². The molecule has 98 valence electrons. The molecule has 0 aliphatic rings. The van der Waals surface area contributed by atoms with Crippen LogP contribution >= 0.6 is 11.6 Å². The zero-order valence-electron chi connectivity index (χ0n) is 10.5. The number of amides is 1. The van der Waals surface area contributed by atoms with Crippen LogP contribution in [0.5, 0.6) is 5.75 Å². The summed E-state index contributed by atoms with van der Waals surface area (Å²) in [7, 11) is 1.62. The molecule has 2 aromatic rings. The van der Waals surface area contributed by atoms with E-state index >= 15 is 0 Å². The van der Waals surface area contributed by atoms with Gasteiger partial charge in [-0.25, -0.2) is 0 Å². The fourth-order valence-electron chi connectivity index (χ4n) is 1.81. The first-order chi connectivity index (χ1) is 9.11. The molecule has 0 bridgehead atoms. The Labute approximate surface area is 117 Å². The SMILES string of the molecule is COc1cccc([C@H](Cl)c2ccc(C(N)=O)cc2)c1. The predicted molar refractivity (Wildman–Crippen MR) is 75.6 cm³/mol. The first-order valence-corrected chi connectivity index (χ1v) is 6.23. The second kappa shape index (κ2) is 5.76. The fourth-order valence-corrected chi connectivity index (χ4v) is 2.09. The Morgan fingerprint density at radius 1 is 1.16 bits per heavy atom. The number of hydrogen-bond donors (Lipinski definition) is 1. The highest BCUT2D eigenvalue weighted by molar-refractivity contribution is 6.22. The van der Waals surface area contributed by atoms with Gasteiger partial charge in [0.2, 0.25) is 5.91 Å². The van der Waals surface area contributed by atoms with E-state index in [1.165, 1.54) is 0 Å². The summed E-state index contributed by atoms with van der Waals surface area (Å²) in [4.78, 5) is 11.0. The van der Waals surface area contributed by atoms with Crippen LogP contribution in [0.3, 0.4) is 0 Å². The van der Waals surface area contributed by atoms with Gasteiger partial charge in [0, 0.05) is 5.56 Å². The normalized spacial score (nSPS) is 11.9. The van der Waals surface area contributed by atoms with E-state index in [2.05, 4.69) is 0 Å². The minimum Gasteiger partial charge on any atom is -0.497 e. The lowest BCUT2D eigenvalue weighted by molar-refractivity contribution is 0.100. The highest BCUT2D eigenvalue weighted by Crippen LogP contribution is 2.30. The second-order valence-electron chi connectivity index (χ2n) is 4.13. The summed E-state index contributed by atoms with van der Waals surface area (Å²) in [6.45, 7) is 0. The Morgan fingerprint density at radius 2 is 1.84 bits per heavy atom. The van der Waals surface area contributed by atoms with Crippen LogP contribution in [-0.2, 0) is 0 Å². The molecule has 19 heavy (non-hydrogen) atoms. The Kier molecular flexibility index (Phi) is 4.07. The summed E-state index contributed by atoms with van der Waals surface area (Å²) < 4.78 is 5.17. The molecule has 4 heteroatoms. The molecular formula is C15H14ClNO2. The minimum atomic E-state index is -0.445. The molecule has 0 fully saturated rings. The lowest BCUT2D eigenvalue weighted by Crippen LogP contribution is -2.10. The average molecular weight is 276 g/mol. The highest BCUT2D eigenvalue weighted by Gasteiger charge is 2.12. The van der Waals surface area contributed by atoms with E-state index in [-0.39, 0.29) is 5.38 Å². The maximum Gasteiger partial charge on any atom is 0.248 e. The molecular weight excluding hydrogens is 262 g/mol. The number of ether oxygens (including phenoxy) is 1. The van der Waals surface area contributed by atoms with E-state index in [0.29, 0.717) is 5.56 Å². The topological polar surface area (TPSA) is 52.3 Å². The molecule has 3 nitrogen and oxygen atoms in total. The summed E-state index contributed by atoms with van der Waals surface area (Å²) in [6.07, 6.45) is 0. The van der Waals surface area contributed by atoms with Crippen molar-refractivity contribution in [1.82, 2.24) is 0 Å². The molecule has 1 atom stereocenters. The second-order valence-corrected chi connectivity index (χ2v) is 4.56. The van der Waals surface area contributed by atoms with Gasteiger partial charge in [-0.1, -0.05) is 24.3 Å². The summed E-state index contributed by atoms with van der Waals surface area (Å²) in [5.41, 5.74) is 7.51. The molecule has 0 aliphatic heterocycles. The van der Waals surface area contributed by atoms with Gasteiger partial charge >= 0.3 is 0 Å². The molecule has 1 amide bonds. The lowest BCUT2D eigenvalue weighted by Gasteiger charge is -2.12. The number of benzene rings is 2. The fraction of sp³-hybridized carbons (Fsp3) is 0.133. The number of methoxy groups -OCH3 is 1. The van der Waals surface area contributed by atoms with Crippen LogP contribution in [0.2, 0.25) is 0 Å². The van der Waals surface area contributed by atoms with Gasteiger partial charge in [0.1, 0.15) is 5.75 Å². The van der Waals surface area contributed by atoms with Gasteiger partial charge in [0.15, 0.2) is 0 Å². The molecule has 2 N–H and O–H groups in total. The Hall–Kier alpha value is -2.00. The zero-order valence-corrected chi connectivity index (χ0v) is 11.2. The number of hydrogen-bond acceptors (Lipinski definition) is 2. The standard InChI is InChI=1S/C15H14ClNO2/c1-19-13-4-2-3-12(9-13)14(16)10-5-7-11(8-6-10)15(17)18/h2-9,14H,1H3,(H2,17,18)/t14-/m1/s1. The molecule has 0 saturated carbocycles. The number of primary amides is 1. The van der Waals surface area contributed by atoms with Crippen molar-refractivity contribution in [3.8, 4) is 5.75 Å². The van der Waals surface area contributed by atoms with Gasteiger partial charge in [0.05, 0.1) is 12.5 Å². The highest BCUT2D eigenvalue weighted by atomic mass is 35.5. The predicted octanol–water partition coefficient (Wildman–Crippen LogP) is 3.12. The van der Waals surface area contributed by atoms with Crippen LogP contribution in [0.1, 0.15) is 26.9 Å². The van der Waals surface area contributed by atoms with Crippen molar-refractivity contribution in [2.24, 2.45) is 5.73 Å². The van der Waals surface area contributed by atoms with Crippen LogP contribution in [0, 0.1) is 0 Å². The largest absolute Gasteiger partial charge is 0.497 e. The monoisotopic (exact) mass is 275 g/mol. The Morgan fingerprint density at radius 3 is 2.42 bits per heavy atom. The third-order valence-electron chi connectivity index (χ3n) is 2.87. The summed E-state index contributed by atoms with van der Waals surface area (Å²) in [5, 5.41) is -0.294. The van der Waals surface area contributed by atoms with Gasteiger partial charge in [-0.15, -0.1) is 11.6 Å². The third-order valence-corrected chi connectivity index (χ3v) is 3.38. The van der Waals surface area contributed by atoms with Gasteiger partial charge in [-0.2, -0.15) is 0 Å². The molecule has 0 radical (unpaired) electrons. The number of rotatable bonds is 4. The first kappa shape index (κ1) is 13.4. The van der Waals surface area contributed by atoms with Gasteiger partial charge < -0.3 is 10.5 Å². The molecule has 2 rings (SSSR count). The van der Waals surface area contributed by atoms with Crippen molar-refractivity contribution >= 4 is 17.5 Å². The molecule has 0 unspecified atom stereocenters. The van der Waals surface area contributed by atoms with Crippen LogP contribution in [0.4, 0.5) is 0 Å². The summed E-state index contributed by atoms with van der Waals surface area (Å²) >= 11 is 6.42. The number of halogens is 1. The van der Waals surface area contributed by atoms with E-state index in [1.807, 2.05) is 24.3 Å². The smallest absolute Gasteiger partial charge is 0.248 e. The van der Waals surface area contributed by atoms with Crippen molar-refractivity contribution in [3.63, 3.8) is 0 Å². The quantitative estimate of drug-likeness (QED) is 0.872. The van der Waals surface area contributed by atoms with Crippen LogP contribution < -0.4 is 10.5 Å². The van der Waals surface area contributed by atoms with Crippen molar-refractivity contribution in [2.75, 3.05) is 7.11 Å². The van der Waals surface area contributed by atoms with Crippen LogP contribution in [-0.4, -0.2) is 13.0 Å². The number of carbonyl (C=O) groups is 1. The number of alkyl halides is 1. The molecule has 2 aromatic carbocycles. The van der Waals surface area contributed by atoms with Gasteiger partial charge in [-0.05, 0) is 35.4 Å². The maximum absolute atomic E-state index is 11.0. The number of nitrogens with two attached hydrogens (primary N) is 1. The Balaban J connectivity index is 2.27. The molecule has 0 heterocycles. The minimum absolute atomic E-state index is 0.294. The zero-order chi connectivity index (χ0) is 13.8. The van der Waals surface area contributed by atoms with Crippen molar-refractivity contribution in [2.45, 2.75) is 5.38 Å². The summed E-state index contributed by atoms with van der Waals surface area (Å²) in [5.74, 6) is 0.316. The third kappa shape index (κ3) is 3.06. The summed E-state index contributed by atoms with van der Waals surface area (Å²) in [6, 6.07) is 14.5. The van der Waals surface area contributed by atoms with Crippen molar-refractivity contribution < 1.29 is 9.53 Å². The van der Waals surface area contributed by atoms with Crippen molar-refractivity contribution in [1.29, 1.82) is 0 Å². The maximum atomic E-state index is 11.0. The molecule has 0 aliphatic carbocycles. The van der Waals surface area contributed by atoms with Gasteiger partial charge in [-0.3, -0.25) is 4.79 Å². The molecule has 0 aromatic heterocycles. The van der Waals surface area contributed by atoms with E-state index in [1.54, 1.807) is 31.4 Å².